The van der Waals surface area contributed by atoms with E-state index in [1.807, 2.05) is 0 Å². The number of amides is 4. The van der Waals surface area contributed by atoms with Gasteiger partial charge in [-0.25, -0.2) is 0 Å². The molecule has 4 amide bonds. The zero-order valence-corrected chi connectivity index (χ0v) is 31.7. The van der Waals surface area contributed by atoms with Crippen molar-refractivity contribution in [3.05, 3.63) is 29.3 Å². The van der Waals surface area contributed by atoms with Crippen molar-refractivity contribution in [2.75, 3.05) is 111 Å². The smallest absolute Gasteiger partial charge is 0.305 e. The average molecular weight is 766 g/mol. The van der Waals surface area contributed by atoms with Crippen LogP contribution in [0.4, 0.5) is 5.69 Å². The number of carbonyl (C=O) groups is 5. The maximum atomic E-state index is 13.1. The van der Waals surface area contributed by atoms with Crippen LogP contribution in [0, 0.1) is 0 Å². The van der Waals surface area contributed by atoms with E-state index >= 15 is 0 Å². The normalized spacial score (nSPS) is 15.5. The number of nitrogens with one attached hydrogen (secondary N) is 2. The molecule has 2 N–H and O–H groups in total. The van der Waals surface area contributed by atoms with Crippen LogP contribution in [-0.2, 0) is 52.3 Å². The number of esters is 1. The van der Waals surface area contributed by atoms with Crippen LogP contribution in [0.5, 0.6) is 0 Å². The zero-order chi connectivity index (χ0) is 38.6. The molecule has 1 aromatic carbocycles. The molecule has 2 heterocycles. The number of fused-ring (bicyclic) bond motifs is 1. The molecule has 2 aliphatic rings. The van der Waals surface area contributed by atoms with E-state index in [9.17, 15) is 24.0 Å². The number of hydrogen-bond donors (Lipinski definition) is 2. The van der Waals surface area contributed by atoms with E-state index in [0.29, 0.717) is 111 Å². The van der Waals surface area contributed by atoms with E-state index < -0.39 is 29.7 Å². The summed E-state index contributed by atoms with van der Waals surface area (Å²) in [5.41, 5.74) is 0.904. The summed E-state index contributed by atoms with van der Waals surface area (Å²) in [6, 6.07) is 3.90. The van der Waals surface area contributed by atoms with E-state index in [1.165, 1.54) is 25.7 Å². The van der Waals surface area contributed by atoms with Crippen LogP contribution >= 0.6 is 0 Å². The average Bonchev–Trinajstić information content (AvgIpc) is 3.42. The number of imide groups is 2. The molecule has 1 aromatic rings. The molecule has 0 bridgehead atoms. The molecule has 0 aliphatic carbocycles. The summed E-state index contributed by atoms with van der Waals surface area (Å²) in [6.45, 7) is 8.72. The lowest BCUT2D eigenvalue weighted by molar-refractivity contribution is -0.145. The van der Waals surface area contributed by atoms with Gasteiger partial charge in [-0.15, -0.1) is 0 Å². The third kappa shape index (κ3) is 17.3. The van der Waals surface area contributed by atoms with Crippen molar-refractivity contribution in [3.8, 4) is 0 Å². The molecule has 54 heavy (non-hydrogen) atoms. The lowest BCUT2D eigenvalue weighted by atomic mass is 10.0. The van der Waals surface area contributed by atoms with Crippen LogP contribution in [0.3, 0.4) is 0 Å². The van der Waals surface area contributed by atoms with Crippen molar-refractivity contribution in [2.45, 2.75) is 70.8 Å². The highest BCUT2D eigenvalue weighted by atomic mass is 16.6. The highest BCUT2D eigenvalue weighted by Crippen LogP contribution is 2.32. The standard InChI is InChI=1S/C38H59N3O13/c1-2-3-4-5-6-7-11-34(43)54-29-28-53-27-26-52-25-24-51-23-22-50-21-20-49-19-18-48-17-16-47-15-14-39-31-10-8-9-30-35(31)38(46)41(37(30)45)32-12-13-33(42)40-36(32)44/h8-10,32,39H,2-7,11-29H2,1H3,(H,40,42,44). The van der Waals surface area contributed by atoms with E-state index in [-0.39, 0.29) is 36.5 Å². The fraction of sp³-hybridized carbons (Fsp3) is 0.711. The quantitative estimate of drug-likeness (QED) is 0.0605. The Bertz CT molecular complexity index is 1280. The Balaban J connectivity index is 1.03. The number of carbonyl (C=O) groups excluding carboxylic acids is 5. The first kappa shape index (κ1) is 44.9. The fourth-order valence-electron chi connectivity index (χ4n) is 5.68. The van der Waals surface area contributed by atoms with Gasteiger partial charge in [-0.2, -0.15) is 0 Å². The summed E-state index contributed by atoms with van der Waals surface area (Å²) in [6.07, 6.45) is 7.50. The van der Waals surface area contributed by atoms with Crippen LogP contribution in [0.15, 0.2) is 18.2 Å². The van der Waals surface area contributed by atoms with Gasteiger partial charge in [-0.05, 0) is 25.0 Å². The number of unbranched alkanes of at least 4 members (excludes halogenated alkanes) is 5. The molecule has 1 unspecified atom stereocenters. The Labute approximate surface area is 318 Å². The van der Waals surface area contributed by atoms with Crippen LogP contribution in [-0.4, -0.2) is 146 Å². The summed E-state index contributed by atoms with van der Waals surface area (Å²) in [4.78, 5) is 62.5. The Kier molecular flexibility index (Phi) is 23.3. The van der Waals surface area contributed by atoms with Crippen LogP contribution in [0.1, 0.15) is 85.4 Å². The van der Waals surface area contributed by atoms with Crippen LogP contribution in [0.25, 0.3) is 0 Å². The van der Waals surface area contributed by atoms with Gasteiger partial charge in [-0.3, -0.25) is 34.2 Å². The number of nitrogens with zero attached hydrogens (tertiary/aromatic N) is 1. The van der Waals surface area contributed by atoms with Gasteiger partial charge in [0.25, 0.3) is 11.8 Å². The van der Waals surface area contributed by atoms with Crippen molar-refractivity contribution < 1.29 is 61.9 Å². The first-order valence-electron chi connectivity index (χ1n) is 19.2. The van der Waals surface area contributed by atoms with Gasteiger partial charge in [-0.1, -0.05) is 45.1 Å². The number of benzene rings is 1. The van der Waals surface area contributed by atoms with Crippen molar-refractivity contribution >= 4 is 35.3 Å². The molecule has 1 fully saturated rings. The highest BCUT2D eigenvalue weighted by molar-refractivity contribution is 6.25. The molecule has 1 atom stereocenters. The van der Waals surface area contributed by atoms with E-state index in [2.05, 4.69) is 17.6 Å². The summed E-state index contributed by atoms with van der Waals surface area (Å²) < 4.78 is 43.6. The number of piperidine rings is 1. The maximum absolute atomic E-state index is 13.1. The number of anilines is 1. The van der Waals surface area contributed by atoms with E-state index in [1.54, 1.807) is 18.2 Å². The minimum absolute atomic E-state index is 0.0650. The minimum Gasteiger partial charge on any atom is -0.463 e. The molecule has 0 radical (unpaired) electrons. The summed E-state index contributed by atoms with van der Waals surface area (Å²) in [7, 11) is 0. The Morgan fingerprint density at radius 3 is 1.76 bits per heavy atom. The molecule has 304 valence electrons. The molecule has 0 spiro atoms. The van der Waals surface area contributed by atoms with E-state index in [0.717, 1.165) is 17.7 Å². The molecule has 2 aliphatic heterocycles. The second-order valence-corrected chi connectivity index (χ2v) is 12.6. The SMILES string of the molecule is CCCCCCCCC(=O)OCCOCCOCCOCCOCCOCCOCCOCCNc1cccc2c1C(=O)N(C1CCC(=O)NC1=O)C2=O. The molecule has 0 aromatic heterocycles. The molecular formula is C38H59N3O13. The topological polar surface area (TPSA) is 186 Å². The summed E-state index contributed by atoms with van der Waals surface area (Å²) in [5.74, 6) is -2.33. The molecule has 3 rings (SSSR count). The first-order valence-corrected chi connectivity index (χ1v) is 19.2. The van der Waals surface area contributed by atoms with Crippen molar-refractivity contribution in [2.24, 2.45) is 0 Å². The molecule has 0 saturated carbocycles. The summed E-state index contributed by atoms with van der Waals surface area (Å²) in [5, 5.41) is 5.33. The van der Waals surface area contributed by atoms with Gasteiger partial charge in [0, 0.05) is 25.1 Å². The number of rotatable bonds is 33. The Hall–Kier alpha value is -3.51. The predicted molar refractivity (Wildman–Crippen MR) is 196 cm³/mol. The largest absolute Gasteiger partial charge is 0.463 e. The van der Waals surface area contributed by atoms with Gasteiger partial charge in [0.2, 0.25) is 11.8 Å². The lowest BCUT2D eigenvalue weighted by Gasteiger charge is -2.27. The third-order valence-corrected chi connectivity index (χ3v) is 8.49. The predicted octanol–water partition coefficient (Wildman–Crippen LogP) is 2.91. The van der Waals surface area contributed by atoms with Gasteiger partial charge < -0.3 is 43.2 Å². The van der Waals surface area contributed by atoms with Crippen LogP contribution in [0.2, 0.25) is 0 Å². The van der Waals surface area contributed by atoms with Crippen LogP contribution < -0.4 is 10.6 Å². The third-order valence-electron chi connectivity index (χ3n) is 8.49. The van der Waals surface area contributed by atoms with Gasteiger partial charge in [0.1, 0.15) is 12.6 Å². The second kappa shape index (κ2) is 28.0. The Morgan fingerprint density at radius 1 is 0.685 bits per heavy atom. The molecule has 16 nitrogen and oxygen atoms in total. The molecule has 16 heteroatoms. The van der Waals surface area contributed by atoms with Gasteiger partial charge in [0.05, 0.1) is 104 Å². The van der Waals surface area contributed by atoms with Crippen molar-refractivity contribution in [3.63, 3.8) is 0 Å². The maximum Gasteiger partial charge on any atom is 0.305 e. The number of ether oxygens (including phenoxy) is 8. The highest BCUT2D eigenvalue weighted by Gasteiger charge is 2.45. The lowest BCUT2D eigenvalue weighted by Crippen LogP contribution is -2.54. The monoisotopic (exact) mass is 765 g/mol. The van der Waals surface area contributed by atoms with Gasteiger partial charge in [0.15, 0.2) is 0 Å². The Morgan fingerprint density at radius 2 is 1.20 bits per heavy atom. The van der Waals surface area contributed by atoms with Gasteiger partial charge >= 0.3 is 5.97 Å². The summed E-state index contributed by atoms with van der Waals surface area (Å²) >= 11 is 0. The minimum atomic E-state index is -1.01. The molecular weight excluding hydrogens is 706 g/mol. The number of hydrogen-bond acceptors (Lipinski definition) is 14. The van der Waals surface area contributed by atoms with Crippen molar-refractivity contribution in [1.82, 2.24) is 10.2 Å². The zero-order valence-electron chi connectivity index (χ0n) is 31.7. The fourth-order valence-corrected chi connectivity index (χ4v) is 5.68. The molecule has 1 saturated heterocycles. The first-order chi connectivity index (χ1) is 26.4. The second-order valence-electron chi connectivity index (χ2n) is 12.6. The van der Waals surface area contributed by atoms with Crippen molar-refractivity contribution in [1.29, 1.82) is 0 Å². The van der Waals surface area contributed by atoms with E-state index in [4.69, 9.17) is 37.9 Å².